The number of nitrogens with zero attached hydrogens (tertiary/aromatic N) is 3. The van der Waals surface area contributed by atoms with E-state index in [1.54, 1.807) is 0 Å². The fourth-order valence-corrected chi connectivity index (χ4v) is 3.35. The van der Waals surface area contributed by atoms with Crippen LogP contribution in [0.3, 0.4) is 0 Å². The normalized spacial score (nSPS) is 25.9. The Morgan fingerprint density at radius 1 is 1.28 bits per heavy atom. The van der Waals surface area contributed by atoms with Gasteiger partial charge in [-0.05, 0) is 63.0 Å². The molecule has 18 heavy (non-hydrogen) atoms. The summed E-state index contributed by atoms with van der Waals surface area (Å²) in [5.41, 5.74) is 2.77. The van der Waals surface area contributed by atoms with Gasteiger partial charge in [0.1, 0.15) is 0 Å². The monoisotopic (exact) mass is 245 g/mol. The van der Waals surface area contributed by atoms with Crippen LogP contribution in [0.15, 0.2) is 18.5 Å². The molecule has 0 radical (unpaired) electrons. The van der Waals surface area contributed by atoms with E-state index in [0.29, 0.717) is 0 Å². The van der Waals surface area contributed by atoms with E-state index in [9.17, 15) is 0 Å². The van der Waals surface area contributed by atoms with Gasteiger partial charge >= 0.3 is 0 Å². The molecule has 2 fully saturated rings. The van der Waals surface area contributed by atoms with Gasteiger partial charge in [-0.15, -0.1) is 0 Å². The highest BCUT2D eigenvalue weighted by Gasteiger charge is 2.28. The predicted molar refractivity (Wildman–Crippen MR) is 73.5 cm³/mol. The van der Waals surface area contributed by atoms with E-state index in [2.05, 4.69) is 27.8 Å². The second-order valence-corrected chi connectivity index (χ2v) is 5.72. The van der Waals surface area contributed by atoms with E-state index in [1.807, 2.05) is 12.4 Å². The van der Waals surface area contributed by atoms with Crippen LogP contribution in [-0.4, -0.2) is 47.0 Å². The maximum absolute atomic E-state index is 4.18. The van der Waals surface area contributed by atoms with Gasteiger partial charge in [-0.2, -0.15) is 0 Å². The van der Waals surface area contributed by atoms with Gasteiger partial charge in [-0.3, -0.25) is 14.8 Å². The van der Waals surface area contributed by atoms with Gasteiger partial charge in [0, 0.05) is 31.5 Å². The van der Waals surface area contributed by atoms with Crippen LogP contribution in [-0.2, 0) is 6.54 Å². The smallest absolute Gasteiger partial charge is 0.0300 e. The predicted octanol–water partition coefficient (Wildman–Crippen LogP) is 2.06. The third-order valence-corrected chi connectivity index (χ3v) is 4.42. The van der Waals surface area contributed by atoms with Gasteiger partial charge in [0.15, 0.2) is 0 Å². The Hall–Kier alpha value is -0.930. The summed E-state index contributed by atoms with van der Waals surface area (Å²) in [7, 11) is 0. The zero-order valence-corrected chi connectivity index (χ0v) is 11.3. The van der Waals surface area contributed by atoms with E-state index in [-0.39, 0.29) is 0 Å². The van der Waals surface area contributed by atoms with E-state index in [0.717, 1.165) is 12.6 Å². The zero-order valence-electron chi connectivity index (χ0n) is 11.3. The van der Waals surface area contributed by atoms with Crippen molar-refractivity contribution in [1.29, 1.82) is 0 Å². The molecule has 98 valence electrons. The Balaban J connectivity index is 1.67. The third kappa shape index (κ3) is 2.57. The van der Waals surface area contributed by atoms with E-state index in [1.165, 1.54) is 56.6 Å². The van der Waals surface area contributed by atoms with E-state index in [4.69, 9.17) is 0 Å². The molecular weight excluding hydrogens is 222 g/mol. The summed E-state index contributed by atoms with van der Waals surface area (Å²) >= 11 is 0. The first kappa shape index (κ1) is 12.1. The minimum atomic E-state index is 0.814. The van der Waals surface area contributed by atoms with Crippen molar-refractivity contribution in [3.05, 3.63) is 29.6 Å². The molecule has 3 heterocycles. The molecule has 1 aromatic rings. The van der Waals surface area contributed by atoms with Crippen molar-refractivity contribution in [3.63, 3.8) is 0 Å². The summed E-state index contributed by atoms with van der Waals surface area (Å²) in [4.78, 5) is 9.51. The van der Waals surface area contributed by atoms with Crippen molar-refractivity contribution in [2.24, 2.45) is 0 Å². The van der Waals surface area contributed by atoms with Crippen molar-refractivity contribution in [3.8, 4) is 0 Å². The van der Waals surface area contributed by atoms with Crippen LogP contribution in [0, 0.1) is 6.92 Å². The molecule has 3 rings (SSSR count). The van der Waals surface area contributed by atoms with Gasteiger partial charge in [0.2, 0.25) is 0 Å². The van der Waals surface area contributed by atoms with Crippen molar-refractivity contribution in [2.75, 3.05) is 26.2 Å². The molecule has 1 atom stereocenters. The number of rotatable bonds is 2. The second kappa shape index (κ2) is 5.37. The molecule has 0 amide bonds. The summed E-state index contributed by atoms with van der Waals surface area (Å²) in [6, 6.07) is 2.99. The van der Waals surface area contributed by atoms with Gasteiger partial charge < -0.3 is 0 Å². The molecule has 0 N–H and O–H groups in total. The molecule has 0 bridgehead atoms. The first-order valence-corrected chi connectivity index (χ1v) is 7.19. The fraction of sp³-hybridized carbons (Fsp3) is 0.667. The highest BCUT2D eigenvalue weighted by Crippen LogP contribution is 2.22. The summed E-state index contributed by atoms with van der Waals surface area (Å²) < 4.78 is 0. The second-order valence-electron chi connectivity index (χ2n) is 5.72. The van der Waals surface area contributed by atoms with Crippen LogP contribution < -0.4 is 0 Å². The molecule has 2 aliphatic heterocycles. The van der Waals surface area contributed by atoms with Crippen molar-refractivity contribution in [2.45, 2.75) is 38.8 Å². The molecule has 0 aliphatic carbocycles. The Morgan fingerprint density at radius 2 is 2.17 bits per heavy atom. The molecule has 0 saturated carbocycles. The SMILES string of the molecule is Cc1cnccc1CN1CCCN2CCCC2C1. The van der Waals surface area contributed by atoms with E-state index < -0.39 is 0 Å². The van der Waals surface area contributed by atoms with E-state index >= 15 is 0 Å². The summed E-state index contributed by atoms with van der Waals surface area (Å²) in [5, 5.41) is 0. The average molecular weight is 245 g/mol. The summed E-state index contributed by atoms with van der Waals surface area (Å²) in [6.45, 7) is 8.39. The van der Waals surface area contributed by atoms with Crippen LogP contribution >= 0.6 is 0 Å². The maximum atomic E-state index is 4.18. The van der Waals surface area contributed by atoms with Crippen LogP contribution in [0.5, 0.6) is 0 Å². The Labute approximate surface area is 110 Å². The summed E-state index contributed by atoms with van der Waals surface area (Å²) in [5.74, 6) is 0. The number of hydrogen-bond donors (Lipinski definition) is 0. The van der Waals surface area contributed by atoms with Gasteiger partial charge in [-0.25, -0.2) is 0 Å². The maximum Gasteiger partial charge on any atom is 0.0300 e. The number of aromatic nitrogens is 1. The number of fused-ring (bicyclic) bond motifs is 1. The van der Waals surface area contributed by atoms with Crippen LogP contribution in [0.2, 0.25) is 0 Å². The molecule has 3 nitrogen and oxygen atoms in total. The van der Waals surface area contributed by atoms with Crippen LogP contribution in [0.1, 0.15) is 30.4 Å². The van der Waals surface area contributed by atoms with Gasteiger partial charge in [-0.1, -0.05) is 0 Å². The number of hydrogen-bond acceptors (Lipinski definition) is 3. The first-order valence-electron chi connectivity index (χ1n) is 7.19. The standard InChI is InChI=1S/C15H23N3/c1-13-10-16-6-5-14(13)11-17-7-3-9-18-8-2-4-15(18)12-17/h5-6,10,15H,2-4,7-9,11-12H2,1H3. The Bertz CT molecular complexity index is 404. The van der Waals surface area contributed by atoms with Crippen molar-refractivity contribution in [1.82, 2.24) is 14.8 Å². The highest BCUT2D eigenvalue weighted by atomic mass is 15.3. The fourth-order valence-electron chi connectivity index (χ4n) is 3.35. The molecule has 3 heteroatoms. The molecule has 2 saturated heterocycles. The zero-order chi connectivity index (χ0) is 12.4. The van der Waals surface area contributed by atoms with Crippen LogP contribution in [0.25, 0.3) is 0 Å². The topological polar surface area (TPSA) is 19.4 Å². The number of pyridine rings is 1. The van der Waals surface area contributed by atoms with Crippen LogP contribution in [0.4, 0.5) is 0 Å². The molecular formula is C15H23N3. The first-order chi connectivity index (χ1) is 8.83. The molecule has 1 aromatic heterocycles. The van der Waals surface area contributed by atoms with Gasteiger partial charge in [0.25, 0.3) is 0 Å². The third-order valence-electron chi connectivity index (χ3n) is 4.42. The lowest BCUT2D eigenvalue weighted by atomic mass is 10.1. The lowest BCUT2D eigenvalue weighted by Gasteiger charge is -2.26. The average Bonchev–Trinajstić information content (AvgIpc) is 2.71. The molecule has 0 aromatic carbocycles. The lowest BCUT2D eigenvalue weighted by Crippen LogP contribution is -2.36. The minimum Gasteiger partial charge on any atom is -0.299 e. The number of aryl methyl sites for hydroxylation is 1. The van der Waals surface area contributed by atoms with Gasteiger partial charge in [0.05, 0.1) is 0 Å². The largest absolute Gasteiger partial charge is 0.299 e. The Morgan fingerprint density at radius 3 is 3.06 bits per heavy atom. The molecule has 2 aliphatic rings. The lowest BCUT2D eigenvalue weighted by molar-refractivity contribution is 0.215. The quantitative estimate of drug-likeness (QED) is 0.795. The summed E-state index contributed by atoms with van der Waals surface area (Å²) in [6.07, 6.45) is 8.01. The molecule has 0 spiro atoms. The molecule has 1 unspecified atom stereocenters. The van der Waals surface area contributed by atoms with Crippen molar-refractivity contribution < 1.29 is 0 Å². The highest BCUT2D eigenvalue weighted by molar-refractivity contribution is 5.21. The minimum absolute atomic E-state index is 0.814. The van der Waals surface area contributed by atoms with Crippen molar-refractivity contribution >= 4 is 0 Å². The Kier molecular flexibility index (Phi) is 3.62.